The van der Waals surface area contributed by atoms with Gasteiger partial charge in [-0.15, -0.1) is 0 Å². The first-order valence-corrected chi connectivity index (χ1v) is 10.4. The molecule has 0 spiro atoms. The van der Waals surface area contributed by atoms with E-state index in [-0.39, 0.29) is 35.7 Å². The van der Waals surface area contributed by atoms with Crippen molar-refractivity contribution in [3.05, 3.63) is 41.0 Å². The van der Waals surface area contributed by atoms with Crippen LogP contribution in [-0.4, -0.2) is 47.4 Å². The molecule has 1 N–H and O–H groups in total. The van der Waals surface area contributed by atoms with Gasteiger partial charge >= 0.3 is 18.1 Å². The van der Waals surface area contributed by atoms with Crippen LogP contribution in [-0.2, 0) is 23.9 Å². The summed E-state index contributed by atoms with van der Waals surface area (Å²) >= 11 is 0. The number of carbonyl (C=O) groups excluding carboxylic acids is 4. The number of Topliss-reactive ketones (excluding diaryl/α,β-unsaturated/α-hetero) is 2. The molecule has 2 unspecified atom stereocenters. The summed E-state index contributed by atoms with van der Waals surface area (Å²) in [6.45, 7) is 6.55. The fourth-order valence-corrected chi connectivity index (χ4v) is 3.80. The molecular formula is C23H24F3NO6. The molecule has 178 valence electrons. The van der Waals surface area contributed by atoms with E-state index in [1.165, 1.54) is 6.07 Å². The number of nitrogens with one attached hydrogen (secondary N) is 1. The van der Waals surface area contributed by atoms with E-state index in [2.05, 4.69) is 0 Å². The van der Waals surface area contributed by atoms with E-state index in [4.69, 9.17) is 9.47 Å². The summed E-state index contributed by atoms with van der Waals surface area (Å²) in [6.07, 6.45) is -6.49. The Kier molecular flexibility index (Phi) is 6.41. The van der Waals surface area contributed by atoms with E-state index in [0.29, 0.717) is 5.56 Å². The van der Waals surface area contributed by atoms with Gasteiger partial charge in [0, 0.05) is 17.5 Å². The second-order valence-electron chi connectivity index (χ2n) is 9.00. The third-order valence-corrected chi connectivity index (χ3v) is 5.51. The molecule has 0 saturated carbocycles. The van der Waals surface area contributed by atoms with Gasteiger partial charge in [0.05, 0.1) is 5.57 Å². The maximum absolute atomic E-state index is 12.8. The van der Waals surface area contributed by atoms with Gasteiger partial charge in [0.25, 0.3) is 0 Å². The zero-order valence-corrected chi connectivity index (χ0v) is 18.5. The highest BCUT2D eigenvalue weighted by molar-refractivity contribution is 6.52. The molecule has 33 heavy (non-hydrogen) atoms. The van der Waals surface area contributed by atoms with Crippen molar-refractivity contribution in [3.63, 3.8) is 0 Å². The molecule has 1 heterocycles. The highest BCUT2D eigenvalue weighted by Gasteiger charge is 2.48. The van der Waals surface area contributed by atoms with Crippen molar-refractivity contribution in [1.29, 1.82) is 0 Å². The maximum Gasteiger partial charge on any atom is 0.471 e. The zero-order valence-electron chi connectivity index (χ0n) is 18.5. The molecule has 0 radical (unpaired) electrons. The number of hydrogen-bond donors (Lipinski definition) is 1. The van der Waals surface area contributed by atoms with Crippen molar-refractivity contribution in [3.8, 4) is 0 Å². The highest BCUT2D eigenvalue weighted by Crippen LogP contribution is 2.42. The fraction of sp³-hybridized carbons (Fsp3) is 0.478. The Balaban J connectivity index is 1.87. The molecule has 0 aromatic heterocycles. The van der Waals surface area contributed by atoms with Gasteiger partial charge in [-0.1, -0.05) is 38.1 Å². The third-order valence-electron chi connectivity index (χ3n) is 5.51. The first kappa shape index (κ1) is 24.5. The number of ketones is 2. The average Bonchev–Trinajstić information content (AvgIpc) is 2.71. The van der Waals surface area contributed by atoms with Crippen LogP contribution in [0.15, 0.2) is 29.8 Å². The van der Waals surface area contributed by atoms with Crippen molar-refractivity contribution >= 4 is 29.2 Å². The average molecular weight is 467 g/mol. The van der Waals surface area contributed by atoms with E-state index in [0.717, 1.165) is 0 Å². The number of benzene rings is 1. The van der Waals surface area contributed by atoms with Gasteiger partial charge in [-0.05, 0) is 26.2 Å². The lowest BCUT2D eigenvalue weighted by Gasteiger charge is -2.41. The van der Waals surface area contributed by atoms with E-state index in [9.17, 15) is 32.3 Å². The van der Waals surface area contributed by atoms with Gasteiger partial charge in [-0.25, -0.2) is 4.79 Å². The Labute approximate surface area is 188 Å². The first-order chi connectivity index (χ1) is 15.2. The molecule has 0 saturated heterocycles. The van der Waals surface area contributed by atoms with E-state index < -0.39 is 47.4 Å². The molecule has 0 bridgehead atoms. The van der Waals surface area contributed by atoms with Gasteiger partial charge in [0.1, 0.15) is 23.5 Å². The van der Waals surface area contributed by atoms with Gasteiger partial charge in [-0.3, -0.25) is 14.4 Å². The van der Waals surface area contributed by atoms with Crippen LogP contribution in [0.3, 0.4) is 0 Å². The lowest BCUT2D eigenvalue weighted by atomic mass is 9.81. The van der Waals surface area contributed by atoms with Crippen molar-refractivity contribution in [1.82, 2.24) is 5.32 Å². The SMILES string of the molecule is CC(C)CC(NC(=O)C(F)(F)F)C(=O)OC1CC2=C(OC1(C)C)c1ccccc1C(=O)C2=O. The normalized spacial score (nSPS) is 20.5. The molecule has 2 atom stereocenters. The van der Waals surface area contributed by atoms with Gasteiger partial charge in [-0.2, -0.15) is 13.2 Å². The summed E-state index contributed by atoms with van der Waals surface area (Å²) in [4.78, 5) is 49.4. The van der Waals surface area contributed by atoms with Crippen LogP contribution >= 0.6 is 0 Å². The number of halogens is 3. The van der Waals surface area contributed by atoms with Crippen LogP contribution in [0.25, 0.3) is 5.76 Å². The number of rotatable bonds is 5. The molecule has 0 fully saturated rings. The first-order valence-electron chi connectivity index (χ1n) is 10.4. The summed E-state index contributed by atoms with van der Waals surface area (Å²) in [5, 5.41) is 1.68. The molecule has 2 aliphatic rings. The minimum absolute atomic E-state index is 0.0376. The number of fused-ring (bicyclic) bond motifs is 2. The number of hydrogen-bond acceptors (Lipinski definition) is 6. The predicted octanol–water partition coefficient (Wildman–Crippen LogP) is 3.37. The Morgan fingerprint density at radius 2 is 1.76 bits per heavy atom. The summed E-state index contributed by atoms with van der Waals surface area (Å²) < 4.78 is 49.6. The molecule has 1 amide bonds. The molecule has 1 aromatic rings. The van der Waals surface area contributed by atoms with E-state index in [1.807, 2.05) is 0 Å². The van der Waals surface area contributed by atoms with Gasteiger partial charge in [0.15, 0.2) is 0 Å². The Bertz CT molecular complexity index is 1040. The molecule has 3 rings (SSSR count). The van der Waals surface area contributed by atoms with Gasteiger partial charge < -0.3 is 14.8 Å². The van der Waals surface area contributed by atoms with Crippen LogP contribution in [0, 0.1) is 5.92 Å². The van der Waals surface area contributed by atoms with Crippen LogP contribution in [0.4, 0.5) is 13.2 Å². The largest absolute Gasteiger partial charge is 0.483 e. The van der Waals surface area contributed by atoms with E-state index >= 15 is 0 Å². The van der Waals surface area contributed by atoms with Crippen molar-refractivity contribution in [2.45, 2.75) is 64.5 Å². The van der Waals surface area contributed by atoms with Crippen molar-refractivity contribution in [2.75, 3.05) is 0 Å². The minimum atomic E-state index is -5.16. The third kappa shape index (κ3) is 4.94. The lowest BCUT2D eigenvalue weighted by molar-refractivity contribution is -0.178. The Morgan fingerprint density at radius 3 is 2.33 bits per heavy atom. The number of amides is 1. The summed E-state index contributed by atoms with van der Waals surface area (Å²) in [7, 11) is 0. The number of carbonyl (C=O) groups is 4. The predicted molar refractivity (Wildman–Crippen MR) is 110 cm³/mol. The standard InChI is InChI=1S/C23H24F3NO6/c1-11(2)9-15(27-21(31)23(24,25)26)20(30)32-16-10-14-18(29)17(28)12-7-5-6-8-13(12)19(14)33-22(16,3)4/h5-8,11,15-16H,9-10H2,1-4H3,(H,27,31). The minimum Gasteiger partial charge on any atom is -0.483 e. The maximum atomic E-state index is 12.8. The van der Waals surface area contributed by atoms with Gasteiger partial charge in [0.2, 0.25) is 11.6 Å². The quantitative estimate of drug-likeness (QED) is 0.527. The molecule has 1 aromatic carbocycles. The second-order valence-corrected chi connectivity index (χ2v) is 9.00. The number of alkyl halides is 3. The fourth-order valence-electron chi connectivity index (χ4n) is 3.80. The molecule has 1 aliphatic carbocycles. The zero-order chi connectivity index (χ0) is 24.7. The molecule has 10 heteroatoms. The Hall–Kier alpha value is -3.17. The number of ether oxygens (including phenoxy) is 2. The molecule has 1 aliphatic heterocycles. The highest BCUT2D eigenvalue weighted by atomic mass is 19.4. The molecule has 7 nitrogen and oxygen atoms in total. The van der Waals surface area contributed by atoms with E-state index in [1.54, 1.807) is 51.2 Å². The van der Waals surface area contributed by atoms with Crippen LogP contribution < -0.4 is 5.32 Å². The topological polar surface area (TPSA) is 98.8 Å². The summed E-state index contributed by atoms with van der Waals surface area (Å²) in [5.74, 6) is -4.84. The van der Waals surface area contributed by atoms with Crippen LogP contribution in [0.2, 0.25) is 0 Å². The molecular weight excluding hydrogens is 443 g/mol. The van der Waals surface area contributed by atoms with Crippen molar-refractivity contribution in [2.24, 2.45) is 5.92 Å². The monoisotopic (exact) mass is 467 g/mol. The number of esters is 1. The second kappa shape index (κ2) is 8.64. The van der Waals surface area contributed by atoms with Crippen LogP contribution in [0.5, 0.6) is 0 Å². The van der Waals surface area contributed by atoms with Crippen molar-refractivity contribution < 1.29 is 41.8 Å². The lowest BCUT2D eigenvalue weighted by Crippen LogP contribution is -2.52. The smallest absolute Gasteiger partial charge is 0.471 e. The summed E-state index contributed by atoms with van der Waals surface area (Å²) in [5.41, 5.74) is -0.474. The Morgan fingerprint density at radius 1 is 1.15 bits per heavy atom. The summed E-state index contributed by atoms with van der Waals surface area (Å²) in [6, 6.07) is 4.92. The van der Waals surface area contributed by atoms with Crippen LogP contribution in [0.1, 0.15) is 56.5 Å².